The molecule has 0 bridgehead atoms. The van der Waals surface area contributed by atoms with E-state index in [1.807, 2.05) is 30.3 Å². The van der Waals surface area contributed by atoms with Gasteiger partial charge in [-0.3, -0.25) is 4.40 Å². The summed E-state index contributed by atoms with van der Waals surface area (Å²) in [6.07, 6.45) is 3.87. The first-order valence-electron chi connectivity index (χ1n) is 8.70. The van der Waals surface area contributed by atoms with Gasteiger partial charge in [-0.2, -0.15) is 0 Å². The number of benzene rings is 1. The molecular weight excluding hydrogens is 330 g/mol. The fraction of sp³-hybridized carbons (Fsp3) is 0.350. The van der Waals surface area contributed by atoms with Crippen molar-refractivity contribution in [1.29, 1.82) is 0 Å². The molecule has 1 fully saturated rings. The number of carbonyl (C=O) groups is 1. The van der Waals surface area contributed by atoms with Crippen LogP contribution in [0, 0.1) is 5.41 Å². The van der Waals surface area contributed by atoms with Gasteiger partial charge in [-0.05, 0) is 17.7 Å². The van der Waals surface area contributed by atoms with Crippen molar-refractivity contribution in [1.82, 2.24) is 14.6 Å². The van der Waals surface area contributed by atoms with Crippen LogP contribution in [0.5, 0.6) is 0 Å². The van der Waals surface area contributed by atoms with Crippen LogP contribution in [-0.4, -0.2) is 32.8 Å². The summed E-state index contributed by atoms with van der Waals surface area (Å²) in [5, 5.41) is 7.74. The average molecular weight is 351 g/mol. The predicted octanol–water partition coefficient (Wildman–Crippen LogP) is 3.27. The number of esters is 1. The van der Waals surface area contributed by atoms with Crippen molar-refractivity contribution in [3.63, 3.8) is 0 Å². The van der Waals surface area contributed by atoms with E-state index in [0.29, 0.717) is 24.2 Å². The van der Waals surface area contributed by atoms with Crippen LogP contribution in [0.25, 0.3) is 5.65 Å². The second-order valence-corrected chi connectivity index (χ2v) is 7.25. The van der Waals surface area contributed by atoms with Gasteiger partial charge in [0.05, 0.1) is 18.3 Å². The number of pyridine rings is 1. The summed E-state index contributed by atoms with van der Waals surface area (Å²) in [4.78, 5) is 12.5. The molecule has 0 spiro atoms. The zero-order chi connectivity index (χ0) is 18.1. The molecule has 2 atom stereocenters. The molecule has 0 amide bonds. The Morgan fingerprint density at radius 2 is 2.00 bits per heavy atom. The van der Waals surface area contributed by atoms with E-state index in [4.69, 9.17) is 9.47 Å². The number of fused-ring (bicyclic) bond motifs is 1. The highest BCUT2D eigenvalue weighted by atomic mass is 16.6. The third kappa shape index (κ3) is 3.08. The molecule has 26 heavy (non-hydrogen) atoms. The van der Waals surface area contributed by atoms with Crippen molar-refractivity contribution < 1.29 is 14.3 Å². The van der Waals surface area contributed by atoms with Gasteiger partial charge < -0.3 is 9.47 Å². The van der Waals surface area contributed by atoms with Crippen molar-refractivity contribution in [2.24, 2.45) is 5.41 Å². The van der Waals surface area contributed by atoms with E-state index >= 15 is 0 Å². The fourth-order valence-corrected chi connectivity index (χ4v) is 3.25. The van der Waals surface area contributed by atoms with Crippen molar-refractivity contribution in [2.45, 2.75) is 39.1 Å². The molecule has 0 radical (unpaired) electrons. The monoisotopic (exact) mass is 351 g/mol. The highest BCUT2D eigenvalue weighted by Crippen LogP contribution is 2.45. The molecular formula is C20H21N3O3. The molecule has 6 nitrogen and oxygen atoms in total. The Labute approximate surface area is 151 Å². The summed E-state index contributed by atoms with van der Waals surface area (Å²) in [6.45, 7) is 4.72. The lowest BCUT2D eigenvalue weighted by Crippen LogP contribution is -2.56. The molecule has 0 saturated heterocycles. The van der Waals surface area contributed by atoms with E-state index in [1.165, 1.54) is 0 Å². The van der Waals surface area contributed by atoms with Gasteiger partial charge in [-0.1, -0.05) is 44.2 Å². The van der Waals surface area contributed by atoms with Crippen molar-refractivity contribution in [2.75, 3.05) is 0 Å². The van der Waals surface area contributed by atoms with Gasteiger partial charge in [-0.25, -0.2) is 4.79 Å². The molecule has 0 unspecified atom stereocenters. The van der Waals surface area contributed by atoms with Crippen LogP contribution in [0.1, 0.15) is 36.2 Å². The Morgan fingerprint density at radius 3 is 2.77 bits per heavy atom. The van der Waals surface area contributed by atoms with Crippen molar-refractivity contribution >= 4 is 11.6 Å². The van der Waals surface area contributed by atoms with E-state index in [-0.39, 0.29) is 23.6 Å². The second kappa shape index (κ2) is 6.53. The molecule has 6 heteroatoms. The summed E-state index contributed by atoms with van der Waals surface area (Å²) in [7, 11) is 0. The molecule has 4 rings (SSSR count). The Morgan fingerprint density at radius 1 is 1.19 bits per heavy atom. The van der Waals surface area contributed by atoms with Gasteiger partial charge in [0.15, 0.2) is 5.65 Å². The molecule has 0 aliphatic heterocycles. The van der Waals surface area contributed by atoms with Crippen molar-refractivity contribution in [3.8, 4) is 0 Å². The minimum Gasteiger partial charge on any atom is -0.458 e. The Bertz CT molecular complexity index is 920. The van der Waals surface area contributed by atoms with E-state index in [0.717, 1.165) is 5.56 Å². The van der Waals surface area contributed by atoms with Crippen LogP contribution in [-0.2, 0) is 16.1 Å². The van der Waals surface area contributed by atoms with Crippen LogP contribution in [0.4, 0.5) is 0 Å². The average Bonchev–Trinajstić information content (AvgIpc) is 3.12. The normalized spacial score (nSPS) is 21.3. The molecule has 0 N–H and O–H groups in total. The summed E-state index contributed by atoms with van der Waals surface area (Å²) in [5.74, 6) is -0.333. The zero-order valence-electron chi connectivity index (χ0n) is 14.8. The topological polar surface area (TPSA) is 65.7 Å². The number of aromatic nitrogens is 3. The first-order chi connectivity index (χ1) is 12.5. The molecule has 2 aromatic heterocycles. The lowest BCUT2D eigenvalue weighted by atomic mass is 9.66. The Balaban J connectivity index is 1.36. The number of ether oxygens (including phenoxy) is 2. The SMILES string of the molecule is CC1(C)[C@H](OCc2ccccc2)C[C@H]1OC(=O)c1ccc2nncn2c1. The minimum atomic E-state index is -0.333. The van der Waals surface area contributed by atoms with Gasteiger partial charge in [-0.15, -0.1) is 10.2 Å². The molecule has 3 aromatic rings. The number of rotatable bonds is 5. The fourth-order valence-electron chi connectivity index (χ4n) is 3.25. The van der Waals surface area contributed by atoms with E-state index in [2.05, 4.69) is 24.0 Å². The highest BCUT2D eigenvalue weighted by molar-refractivity contribution is 5.89. The summed E-state index contributed by atoms with van der Waals surface area (Å²) < 4.78 is 13.5. The van der Waals surface area contributed by atoms with Gasteiger partial charge in [0, 0.05) is 18.0 Å². The number of hydrogen-bond acceptors (Lipinski definition) is 5. The predicted molar refractivity (Wildman–Crippen MR) is 95.6 cm³/mol. The van der Waals surface area contributed by atoms with Crippen LogP contribution >= 0.6 is 0 Å². The quantitative estimate of drug-likeness (QED) is 0.660. The lowest BCUT2D eigenvalue weighted by Gasteiger charge is -2.50. The Hall–Kier alpha value is -2.73. The molecule has 1 saturated carbocycles. The van der Waals surface area contributed by atoms with Gasteiger partial charge in [0.2, 0.25) is 0 Å². The Kier molecular flexibility index (Phi) is 4.20. The second-order valence-electron chi connectivity index (χ2n) is 7.25. The maximum absolute atomic E-state index is 12.5. The first-order valence-corrected chi connectivity index (χ1v) is 8.70. The minimum absolute atomic E-state index is 0.0702. The van der Waals surface area contributed by atoms with Gasteiger partial charge in [0.1, 0.15) is 12.4 Å². The number of hydrogen-bond donors (Lipinski definition) is 0. The molecule has 1 aliphatic carbocycles. The summed E-state index contributed by atoms with van der Waals surface area (Å²) in [5.41, 5.74) is 2.11. The van der Waals surface area contributed by atoms with Gasteiger partial charge in [0.25, 0.3) is 0 Å². The maximum atomic E-state index is 12.5. The van der Waals surface area contributed by atoms with Crippen molar-refractivity contribution in [3.05, 3.63) is 66.1 Å². The van der Waals surface area contributed by atoms with Crippen LogP contribution in [0.15, 0.2) is 55.0 Å². The first kappa shape index (κ1) is 16.7. The van der Waals surface area contributed by atoms with E-state index in [9.17, 15) is 4.79 Å². The van der Waals surface area contributed by atoms with Crippen LogP contribution in [0.2, 0.25) is 0 Å². The molecule has 1 aromatic carbocycles. The van der Waals surface area contributed by atoms with Crippen LogP contribution in [0.3, 0.4) is 0 Å². The highest BCUT2D eigenvalue weighted by Gasteiger charge is 2.51. The van der Waals surface area contributed by atoms with E-state index < -0.39 is 0 Å². The van der Waals surface area contributed by atoms with Gasteiger partial charge >= 0.3 is 5.97 Å². The summed E-state index contributed by atoms with van der Waals surface area (Å²) in [6, 6.07) is 13.5. The maximum Gasteiger partial charge on any atom is 0.339 e. The molecule has 2 heterocycles. The largest absolute Gasteiger partial charge is 0.458 e. The molecule has 1 aliphatic rings. The third-order valence-electron chi connectivity index (χ3n) is 5.16. The van der Waals surface area contributed by atoms with E-state index in [1.54, 1.807) is 29.1 Å². The number of nitrogens with zero attached hydrogens (tertiary/aromatic N) is 3. The smallest absolute Gasteiger partial charge is 0.339 e. The number of carbonyl (C=O) groups excluding carboxylic acids is 1. The zero-order valence-corrected chi connectivity index (χ0v) is 14.8. The lowest BCUT2D eigenvalue weighted by molar-refractivity contribution is -0.181. The summed E-state index contributed by atoms with van der Waals surface area (Å²) >= 11 is 0. The standard InChI is InChI=1S/C20H21N3O3/c1-20(2)16(25-12-14-6-4-3-5-7-14)10-17(20)26-19(24)15-8-9-18-22-21-13-23(18)11-15/h3-9,11,13,16-17H,10,12H2,1-2H3/t16-,17-/m1/s1. The third-order valence-corrected chi connectivity index (χ3v) is 5.16. The molecule has 134 valence electrons. The van der Waals surface area contributed by atoms with Crippen LogP contribution < -0.4 is 0 Å².